The third-order valence-electron chi connectivity index (χ3n) is 5.09. The van der Waals surface area contributed by atoms with E-state index < -0.39 is 0 Å². The van der Waals surface area contributed by atoms with Crippen LogP contribution in [0.1, 0.15) is 30.9 Å². The summed E-state index contributed by atoms with van der Waals surface area (Å²) in [6, 6.07) is 8.57. The lowest BCUT2D eigenvalue weighted by molar-refractivity contribution is 0.759. The summed E-state index contributed by atoms with van der Waals surface area (Å²) in [7, 11) is 1.98. The van der Waals surface area contributed by atoms with Gasteiger partial charge in [-0.3, -0.25) is 4.68 Å². The van der Waals surface area contributed by atoms with Crippen LogP contribution in [-0.2, 0) is 7.05 Å². The highest BCUT2D eigenvalue weighted by atomic mass is 15.3. The fraction of sp³-hybridized carbons (Fsp3) is 0.300. The van der Waals surface area contributed by atoms with E-state index in [4.69, 9.17) is 10.1 Å². The van der Waals surface area contributed by atoms with Gasteiger partial charge >= 0.3 is 0 Å². The summed E-state index contributed by atoms with van der Waals surface area (Å²) in [5.41, 5.74) is 7.70. The molecule has 5 heteroatoms. The molecule has 5 rings (SSSR count). The van der Waals surface area contributed by atoms with Gasteiger partial charge in [-0.05, 0) is 25.0 Å². The Hall–Kier alpha value is -2.82. The number of fused-ring (bicyclic) bond motifs is 2. The molecule has 0 unspecified atom stereocenters. The lowest BCUT2D eigenvalue weighted by Gasteiger charge is -2.14. The first-order valence-electron chi connectivity index (χ1n) is 8.85. The largest absolute Gasteiger partial charge is 0.382 e. The zero-order valence-corrected chi connectivity index (χ0v) is 14.3. The van der Waals surface area contributed by atoms with E-state index in [0.717, 1.165) is 41.2 Å². The fourth-order valence-corrected chi connectivity index (χ4v) is 3.65. The maximum Gasteiger partial charge on any atom is 0.157 e. The normalized spacial score (nSPS) is 16.9. The van der Waals surface area contributed by atoms with Crippen molar-refractivity contribution in [1.29, 1.82) is 0 Å². The van der Waals surface area contributed by atoms with Crippen LogP contribution >= 0.6 is 0 Å². The van der Waals surface area contributed by atoms with Gasteiger partial charge in [-0.2, -0.15) is 5.10 Å². The summed E-state index contributed by atoms with van der Waals surface area (Å²) in [5, 5.41) is 12.9. The minimum absolute atomic E-state index is 0.608. The van der Waals surface area contributed by atoms with Crippen molar-refractivity contribution in [2.75, 3.05) is 17.2 Å². The van der Waals surface area contributed by atoms with E-state index in [-0.39, 0.29) is 0 Å². The number of aryl methyl sites for hydroxylation is 1. The van der Waals surface area contributed by atoms with Gasteiger partial charge in [0.05, 0.1) is 17.1 Å². The van der Waals surface area contributed by atoms with Crippen LogP contribution in [0.4, 0.5) is 11.4 Å². The Balaban J connectivity index is 1.68. The van der Waals surface area contributed by atoms with Gasteiger partial charge in [0.1, 0.15) is 0 Å². The first-order chi connectivity index (χ1) is 12.2. The zero-order valence-electron chi connectivity index (χ0n) is 14.3. The molecule has 5 nitrogen and oxygen atoms in total. The highest BCUT2D eigenvalue weighted by Crippen LogP contribution is 2.43. The minimum atomic E-state index is 0.608. The first kappa shape index (κ1) is 14.5. The lowest BCUT2D eigenvalue weighted by Crippen LogP contribution is -2.00. The highest BCUT2D eigenvalue weighted by Gasteiger charge is 2.29. The molecule has 1 fully saturated rings. The molecule has 1 aliphatic heterocycles. The highest BCUT2D eigenvalue weighted by molar-refractivity contribution is 5.92. The second-order valence-electron chi connectivity index (χ2n) is 7.01. The van der Waals surface area contributed by atoms with Crippen molar-refractivity contribution in [3.8, 4) is 11.1 Å². The average molecular weight is 331 g/mol. The van der Waals surface area contributed by atoms with Gasteiger partial charge in [0.2, 0.25) is 0 Å². The minimum Gasteiger partial charge on any atom is -0.382 e. The van der Waals surface area contributed by atoms with Crippen LogP contribution in [0.25, 0.3) is 22.2 Å². The number of pyridine rings is 1. The molecule has 3 aromatic rings. The Morgan fingerprint density at radius 1 is 1.28 bits per heavy atom. The van der Waals surface area contributed by atoms with Gasteiger partial charge in [0, 0.05) is 54.3 Å². The maximum absolute atomic E-state index is 4.71. The number of nitrogens with one attached hydrogen (secondary N) is 2. The monoisotopic (exact) mass is 331 g/mol. The Labute approximate surface area is 146 Å². The molecule has 1 aliphatic carbocycles. The Kier molecular flexibility index (Phi) is 3.10. The number of nitrogens with zero attached hydrogens (tertiary/aromatic N) is 3. The molecule has 126 valence electrons. The number of anilines is 2. The summed E-state index contributed by atoms with van der Waals surface area (Å²) < 4.78 is 1.90. The maximum atomic E-state index is 4.71. The van der Waals surface area contributed by atoms with E-state index >= 15 is 0 Å². The fourth-order valence-electron chi connectivity index (χ4n) is 3.65. The van der Waals surface area contributed by atoms with Crippen LogP contribution in [0.3, 0.4) is 0 Å². The lowest BCUT2D eigenvalue weighted by atomic mass is 10.0. The zero-order chi connectivity index (χ0) is 17.0. The van der Waals surface area contributed by atoms with Crippen LogP contribution in [0.15, 0.2) is 42.7 Å². The molecular weight excluding hydrogens is 310 g/mol. The third kappa shape index (κ3) is 2.38. The molecule has 0 spiro atoms. The average Bonchev–Trinajstić information content (AvgIpc) is 3.42. The van der Waals surface area contributed by atoms with Crippen molar-refractivity contribution >= 4 is 22.4 Å². The van der Waals surface area contributed by atoms with Crippen molar-refractivity contribution in [2.45, 2.75) is 25.2 Å². The number of hydrogen-bond acceptors (Lipinski definition) is 4. The molecule has 2 N–H and O–H groups in total. The van der Waals surface area contributed by atoms with Crippen molar-refractivity contribution in [3.63, 3.8) is 0 Å². The molecule has 2 aromatic heterocycles. The van der Waals surface area contributed by atoms with E-state index in [2.05, 4.69) is 41.5 Å². The second-order valence-corrected chi connectivity index (χ2v) is 7.01. The van der Waals surface area contributed by atoms with Gasteiger partial charge in [0.25, 0.3) is 0 Å². The Bertz CT molecular complexity index is 997. The first-order valence-corrected chi connectivity index (χ1v) is 8.85. The van der Waals surface area contributed by atoms with E-state index in [1.165, 1.54) is 29.5 Å². The summed E-state index contributed by atoms with van der Waals surface area (Å²) in [6.07, 6.45) is 5.35. The molecular formula is C20H21N5. The van der Waals surface area contributed by atoms with Crippen LogP contribution in [-0.4, -0.2) is 21.3 Å². The molecule has 1 saturated carbocycles. The smallest absolute Gasteiger partial charge is 0.157 e. The number of benzene rings is 1. The molecule has 2 aliphatic rings. The van der Waals surface area contributed by atoms with E-state index in [1.54, 1.807) is 0 Å². The molecule has 0 bridgehead atoms. The molecule has 1 aromatic carbocycles. The quantitative estimate of drug-likeness (QED) is 0.737. The van der Waals surface area contributed by atoms with Crippen molar-refractivity contribution in [1.82, 2.24) is 14.8 Å². The Morgan fingerprint density at radius 3 is 3.00 bits per heavy atom. The van der Waals surface area contributed by atoms with Gasteiger partial charge in [-0.25, -0.2) is 4.98 Å². The molecule has 0 saturated heterocycles. The van der Waals surface area contributed by atoms with Crippen molar-refractivity contribution in [3.05, 3.63) is 48.4 Å². The van der Waals surface area contributed by atoms with E-state index in [1.807, 2.05) is 17.9 Å². The van der Waals surface area contributed by atoms with Gasteiger partial charge in [-0.1, -0.05) is 18.7 Å². The Morgan fingerprint density at radius 2 is 2.16 bits per heavy atom. The molecule has 0 amide bonds. The standard InChI is InChI=1S/C20H21N5/c1-12-8-9-21-19-15(4-3-5-17(19)23-12)14-10-16-18(13-6-7-13)24-25(2)20(16)22-11-14/h3-5,10-11,13,21,23H,1,6-9H2,2H3. The van der Waals surface area contributed by atoms with Crippen molar-refractivity contribution < 1.29 is 0 Å². The van der Waals surface area contributed by atoms with Gasteiger partial charge < -0.3 is 10.6 Å². The number of hydrogen-bond donors (Lipinski definition) is 2. The predicted molar refractivity (Wildman–Crippen MR) is 102 cm³/mol. The van der Waals surface area contributed by atoms with Gasteiger partial charge in [0.15, 0.2) is 5.65 Å². The number of para-hydroxylation sites is 1. The van der Waals surface area contributed by atoms with E-state index in [0.29, 0.717) is 5.92 Å². The van der Waals surface area contributed by atoms with Gasteiger partial charge in [-0.15, -0.1) is 0 Å². The summed E-state index contributed by atoms with van der Waals surface area (Å²) in [6.45, 7) is 4.96. The van der Waals surface area contributed by atoms with E-state index in [9.17, 15) is 0 Å². The molecule has 25 heavy (non-hydrogen) atoms. The summed E-state index contributed by atoms with van der Waals surface area (Å²) in [4.78, 5) is 4.71. The topological polar surface area (TPSA) is 54.8 Å². The third-order valence-corrected chi connectivity index (χ3v) is 5.09. The van der Waals surface area contributed by atoms with Crippen LogP contribution in [0.2, 0.25) is 0 Å². The molecule has 0 atom stereocenters. The molecule has 0 radical (unpaired) electrons. The van der Waals surface area contributed by atoms with Crippen LogP contribution < -0.4 is 10.6 Å². The second kappa shape index (κ2) is 5.34. The SMILES string of the molecule is C=C1CCNc2c(cccc2-c2cnc3c(c2)c(C2CC2)nn3C)N1. The van der Waals surface area contributed by atoms with Crippen LogP contribution in [0, 0.1) is 0 Å². The predicted octanol–water partition coefficient (Wildman–Crippen LogP) is 4.25. The molecule has 3 heterocycles. The number of rotatable bonds is 2. The van der Waals surface area contributed by atoms with Crippen molar-refractivity contribution in [2.24, 2.45) is 7.05 Å². The summed E-state index contributed by atoms with van der Waals surface area (Å²) >= 11 is 0. The van der Waals surface area contributed by atoms with Crippen LogP contribution in [0.5, 0.6) is 0 Å². The summed E-state index contributed by atoms with van der Waals surface area (Å²) in [5.74, 6) is 0.608. The number of aromatic nitrogens is 3.